The average Bonchev–Trinajstić information content (AvgIpc) is 2.75. The first-order chi connectivity index (χ1) is 16.0. The maximum absolute atomic E-state index is 13.0. The lowest BCUT2D eigenvalue weighted by molar-refractivity contribution is 0.0574. The Morgan fingerprint density at radius 3 is 2.41 bits per heavy atom. The van der Waals surface area contributed by atoms with Gasteiger partial charge in [0.25, 0.3) is 5.91 Å². The van der Waals surface area contributed by atoms with E-state index in [-0.39, 0.29) is 31.5 Å². The first-order valence-electron chi connectivity index (χ1n) is 11.0. The molecule has 0 unspecified atom stereocenters. The van der Waals surface area contributed by atoms with Gasteiger partial charge in [0.05, 0.1) is 24.7 Å². The van der Waals surface area contributed by atoms with Crippen molar-refractivity contribution in [3.63, 3.8) is 0 Å². The van der Waals surface area contributed by atoms with Gasteiger partial charge in [0.15, 0.2) is 0 Å². The maximum Gasteiger partial charge on any atom is 0.414 e. The molecule has 0 N–H and O–H groups in total. The summed E-state index contributed by atoms with van der Waals surface area (Å²) >= 11 is 6.25. The molecule has 0 bridgehead atoms. The minimum Gasteiger partial charge on any atom is -0.492 e. The number of hydrogen-bond donors (Lipinski definition) is 0. The zero-order valence-electron chi connectivity index (χ0n) is 20.2. The molecule has 0 aliphatic rings. The van der Waals surface area contributed by atoms with Crippen LogP contribution in [0.5, 0.6) is 5.75 Å². The summed E-state index contributed by atoms with van der Waals surface area (Å²) in [7, 11) is 0. The van der Waals surface area contributed by atoms with Gasteiger partial charge >= 0.3 is 6.09 Å². The Morgan fingerprint density at radius 2 is 1.82 bits per heavy atom. The molecule has 34 heavy (non-hydrogen) atoms. The van der Waals surface area contributed by atoms with Crippen LogP contribution in [0.3, 0.4) is 0 Å². The van der Waals surface area contributed by atoms with E-state index in [1.807, 2.05) is 13.8 Å². The number of carbonyl (C=O) groups is 2. The Morgan fingerprint density at radius 1 is 1.15 bits per heavy atom. The predicted octanol–water partition coefficient (Wildman–Crippen LogP) is 5.32. The van der Waals surface area contributed by atoms with Crippen molar-refractivity contribution in [2.24, 2.45) is 0 Å². The van der Waals surface area contributed by atoms with E-state index in [1.165, 1.54) is 4.90 Å². The Balaban J connectivity index is 2.15. The summed E-state index contributed by atoms with van der Waals surface area (Å²) in [5, 5.41) is 9.24. The molecular weight excluding hydrogens is 456 g/mol. The van der Waals surface area contributed by atoms with Crippen LogP contribution in [-0.4, -0.2) is 53.2 Å². The number of carbonyl (C=O) groups excluding carboxylic acids is 2. The van der Waals surface area contributed by atoms with Gasteiger partial charge in [-0.3, -0.25) is 14.7 Å². The summed E-state index contributed by atoms with van der Waals surface area (Å²) in [6, 6.07) is 10.2. The highest BCUT2D eigenvalue weighted by atomic mass is 35.5. The van der Waals surface area contributed by atoms with Crippen molar-refractivity contribution in [2.45, 2.75) is 52.7 Å². The standard InChI is InChI=1S/C25H31ClN4O4/c1-18(2)29(12-6-9-27)23(31)19-15-20(26)17-22(16-19)33-14-13-30(21-7-10-28-11-8-21)24(32)34-25(3,4)5/h7-8,10-11,15-18H,6,12-14H2,1-5H3. The number of halogens is 1. The number of nitrogens with zero attached hydrogens (tertiary/aromatic N) is 4. The van der Waals surface area contributed by atoms with Gasteiger partial charge < -0.3 is 14.4 Å². The van der Waals surface area contributed by atoms with Gasteiger partial charge in [-0.25, -0.2) is 4.79 Å². The van der Waals surface area contributed by atoms with Crippen molar-refractivity contribution in [1.82, 2.24) is 9.88 Å². The molecule has 1 aromatic carbocycles. The molecule has 182 valence electrons. The molecule has 0 saturated carbocycles. The number of ether oxygens (including phenoxy) is 2. The predicted molar refractivity (Wildman–Crippen MR) is 131 cm³/mol. The lowest BCUT2D eigenvalue weighted by Gasteiger charge is -2.27. The second-order valence-corrected chi connectivity index (χ2v) is 9.30. The molecule has 2 rings (SSSR count). The zero-order chi connectivity index (χ0) is 25.3. The van der Waals surface area contributed by atoms with Gasteiger partial charge in [0.1, 0.15) is 18.0 Å². The monoisotopic (exact) mass is 486 g/mol. The van der Waals surface area contributed by atoms with Crippen LogP contribution in [0.15, 0.2) is 42.7 Å². The highest BCUT2D eigenvalue weighted by molar-refractivity contribution is 6.31. The molecule has 8 nitrogen and oxygen atoms in total. The minimum atomic E-state index is -0.653. The molecule has 0 radical (unpaired) electrons. The third-order valence-electron chi connectivity index (χ3n) is 4.64. The fourth-order valence-corrected chi connectivity index (χ4v) is 3.35. The van der Waals surface area contributed by atoms with Gasteiger partial charge in [0.2, 0.25) is 0 Å². The van der Waals surface area contributed by atoms with Crippen LogP contribution in [0.2, 0.25) is 5.02 Å². The molecule has 9 heteroatoms. The van der Waals surface area contributed by atoms with Crippen molar-refractivity contribution in [1.29, 1.82) is 5.26 Å². The Bertz CT molecular complexity index is 1020. The SMILES string of the molecule is CC(C)N(CCC#N)C(=O)c1cc(Cl)cc(OCCN(C(=O)OC(C)(C)C)c2ccncc2)c1. The average molecular weight is 487 g/mol. The molecule has 0 aliphatic carbocycles. The van der Waals surface area contributed by atoms with Crippen molar-refractivity contribution in [3.8, 4) is 11.8 Å². The zero-order valence-corrected chi connectivity index (χ0v) is 21.0. The number of anilines is 1. The van der Waals surface area contributed by atoms with E-state index in [0.717, 1.165) is 0 Å². The van der Waals surface area contributed by atoms with Gasteiger partial charge in [0, 0.05) is 35.6 Å². The number of pyridine rings is 1. The Kier molecular flexibility index (Phi) is 9.69. The van der Waals surface area contributed by atoms with E-state index in [1.54, 1.807) is 68.4 Å². The van der Waals surface area contributed by atoms with Crippen molar-refractivity contribution in [2.75, 3.05) is 24.6 Å². The van der Waals surface area contributed by atoms with Crippen LogP contribution < -0.4 is 9.64 Å². The van der Waals surface area contributed by atoms with Crippen LogP contribution in [0.25, 0.3) is 0 Å². The number of hydrogen-bond acceptors (Lipinski definition) is 6. The summed E-state index contributed by atoms with van der Waals surface area (Å²) in [6.07, 6.45) is 2.92. The van der Waals surface area contributed by atoms with E-state index < -0.39 is 11.7 Å². The third kappa shape index (κ3) is 8.23. The fraction of sp³-hybridized carbons (Fsp3) is 0.440. The normalized spacial score (nSPS) is 11.0. The summed E-state index contributed by atoms with van der Waals surface area (Å²) < 4.78 is 11.4. The summed E-state index contributed by atoms with van der Waals surface area (Å²) in [5.74, 6) is 0.170. The summed E-state index contributed by atoms with van der Waals surface area (Å²) in [4.78, 5) is 32.8. The van der Waals surface area contributed by atoms with Crippen LogP contribution >= 0.6 is 11.6 Å². The molecule has 2 aromatic rings. The van der Waals surface area contributed by atoms with Crippen molar-refractivity contribution < 1.29 is 19.1 Å². The topological polar surface area (TPSA) is 95.8 Å². The van der Waals surface area contributed by atoms with Gasteiger partial charge in [-0.1, -0.05) is 11.6 Å². The van der Waals surface area contributed by atoms with Crippen LogP contribution in [0.4, 0.5) is 10.5 Å². The molecular formula is C25H31ClN4O4. The van der Waals surface area contributed by atoms with Gasteiger partial charge in [-0.05, 0) is 65.0 Å². The number of amides is 2. The molecule has 0 atom stereocenters. The molecule has 1 heterocycles. The van der Waals surface area contributed by atoms with Gasteiger partial charge in [-0.2, -0.15) is 5.26 Å². The highest BCUT2D eigenvalue weighted by Crippen LogP contribution is 2.24. The summed E-state index contributed by atoms with van der Waals surface area (Å²) in [6.45, 7) is 9.84. The second-order valence-electron chi connectivity index (χ2n) is 8.86. The smallest absolute Gasteiger partial charge is 0.414 e. The van der Waals surface area contributed by atoms with Crippen LogP contribution in [0.1, 0.15) is 51.4 Å². The lowest BCUT2D eigenvalue weighted by Crippen LogP contribution is -2.39. The van der Waals surface area contributed by atoms with E-state index in [9.17, 15) is 9.59 Å². The first-order valence-corrected chi connectivity index (χ1v) is 11.4. The summed E-state index contributed by atoms with van der Waals surface area (Å²) in [5.41, 5.74) is 0.339. The number of rotatable bonds is 9. The van der Waals surface area contributed by atoms with Crippen molar-refractivity contribution >= 4 is 29.3 Å². The van der Waals surface area contributed by atoms with Crippen molar-refractivity contribution in [3.05, 3.63) is 53.3 Å². The highest BCUT2D eigenvalue weighted by Gasteiger charge is 2.24. The minimum absolute atomic E-state index is 0.0769. The second kappa shape index (κ2) is 12.2. The van der Waals surface area contributed by atoms with E-state index >= 15 is 0 Å². The number of aromatic nitrogens is 1. The quantitative estimate of drug-likeness (QED) is 0.476. The number of nitriles is 1. The molecule has 0 spiro atoms. The molecule has 2 amide bonds. The van der Waals surface area contributed by atoms with Crippen LogP contribution in [-0.2, 0) is 4.74 Å². The Hall–Kier alpha value is -3.31. The molecule has 0 fully saturated rings. The largest absolute Gasteiger partial charge is 0.492 e. The molecule has 0 saturated heterocycles. The molecule has 1 aromatic heterocycles. The van der Waals surface area contributed by atoms with E-state index in [4.69, 9.17) is 26.3 Å². The Labute approximate surface area is 206 Å². The maximum atomic E-state index is 13.0. The van der Waals surface area contributed by atoms with Gasteiger partial charge in [-0.15, -0.1) is 0 Å². The van der Waals surface area contributed by atoms with E-state index in [0.29, 0.717) is 28.6 Å². The molecule has 0 aliphatic heterocycles. The number of benzene rings is 1. The lowest BCUT2D eigenvalue weighted by atomic mass is 10.1. The third-order valence-corrected chi connectivity index (χ3v) is 4.86. The first kappa shape index (κ1) is 26.9. The van der Waals surface area contributed by atoms with E-state index in [2.05, 4.69) is 11.1 Å². The fourth-order valence-electron chi connectivity index (χ4n) is 3.12. The van der Waals surface area contributed by atoms with Crippen LogP contribution in [0, 0.1) is 11.3 Å².